The van der Waals surface area contributed by atoms with Gasteiger partial charge in [0.05, 0.1) is 18.8 Å². The molecule has 1 rings (SSSR count). The van der Waals surface area contributed by atoms with Crippen molar-refractivity contribution in [3.63, 3.8) is 0 Å². The Morgan fingerprint density at radius 2 is 2.11 bits per heavy atom. The molecule has 0 aromatic heterocycles. The highest BCUT2D eigenvalue weighted by Gasteiger charge is 2.23. The summed E-state index contributed by atoms with van der Waals surface area (Å²) in [6.07, 6.45) is 1.19. The molecule has 2 nitrogen and oxygen atoms in total. The average Bonchev–Trinajstić information content (AvgIpc) is 2.34. The Hall–Kier alpha value is -0.150. The van der Waals surface area contributed by atoms with Crippen molar-refractivity contribution < 1.29 is 14.2 Å². The fourth-order valence-electron chi connectivity index (χ4n) is 1.03. The Bertz CT molecular complexity index is 77.1. The third-order valence-corrected chi connectivity index (χ3v) is 1.57. The first-order chi connectivity index (χ1) is 4.36. The molecule has 0 aromatic carbocycles. The molecule has 1 fully saturated rings. The van der Waals surface area contributed by atoms with E-state index in [4.69, 9.17) is 9.84 Å². The van der Waals surface area contributed by atoms with E-state index in [0.717, 1.165) is 12.8 Å². The van der Waals surface area contributed by atoms with Gasteiger partial charge in [-0.15, -0.1) is 0 Å². The normalized spacial score (nSPS) is 35.3. The molecular formula is C6H11FO2. The lowest BCUT2D eigenvalue weighted by Crippen LogP contribution is -2.15. The van der Waals surface area contributed by atoms with Crippen LogP contribution >= 0.6 is 0 Å². The lowest BCUT2D eigenvalue weighted by atomic mass is 10.2. The Kier molecular flexibility index (Phi) is 2.42. The van der Waals surface area contributed by atoms with Gasteiger partial charge in [-0.25, -0.2) is 4.39 Å². The monoisotopic (exact) mass is 134 g/mol. The molecule has 0 unspecified atom stereocenters. The van der Waals surface area contributed by atoms with Gasteiger partial charge in [0.2, 0.25) is 0 Å². The van der Waals surface area contributed by atoms with Crippen molar-refractivity contribution in [2.75, 3.05) is 13.3 Å². The molecule has 0 amide bonds. The van der Waals surface area contributed by atoms with Gasteiger partial charge in [0.1, 0.15) is 6.67 Å². The second-order valence-electron chi connectivity index (χ2n) is 2.29. The fourth-order valence-corrected chi connectivity index (χ4v) is 1.03. The van der Waals surface area contributed by atoms with Gasteiger partial charge in [-0.1, -0.05) is 0 Å². The second-order valence-corrected chi connectivity index (χ2v) is 2.29. The van der Waals surface area contributed by atoms with Crippen LogP contribution in [-0.4, -0.2) is 30.6 Å². The van der Waals surface area contributed by atoms with Gasteiger partial charge in [0, 0.05) is 0 Å². The summed E-state index contributed by atoms with van der Waals surface area (Å²) in [6, 6.07) is 0. The Morgan fingerprint density at radius 1 is 1.44 bits per heavy atom. The van der Waals surface area contributed by atoms with Gasteiger partial charge in [0.25, 0.3) is 0 Å². The van der Waals surface area contributed by atoms with Crippen molar-refractivity contribution in [2.24, 2.45) is 0 Å². The maximum Gasteiger partial charge on any atom is 0.116 e. The Balaban J connectivity index is 2.20. The molecule has 0 spiro atoms. The smallest absolute Gasteiger partial charge is 0.116 e. The van der Waals surface area contributed by atoms with Gasteiger partial charge in [0.15, 0.2) is 0 Å². The lowest BCUT2D eigenvalue weighted by Gasteiger charge is -2.06. The average molecular weight is 134 g/mol. The molecule has 0 bridgehead atoms. The summed E-state index contributed by atoms with van der Waals surface area (Å²) in [7, 11) is 0. The van der Waals surface area contributed by atoms with Crippen LogP contribution in [0.1, 0.15) is 12.8 Å². The number of ether oxygens (including phenoxy) is 1. The molecule has 3 heteroatoms. The molecule has 1 saturated heterocycles. The van der Waals surface area contributed by atoms with Crippen molar-refractivity contribution >= 4 is 0 Å². The molecule has 1 heterocycles. The highest BCUT2D eigenvalue weighted by atomic mass is 19.1. The molecule has 9 heavy (non-hydrogen) atoms. The van der Waals surface area contributed by atoms with Crippen LogP contribution in [0.2, 0.25) is 0 Å². The molecular weight excluding hydrogens is 123 g/mol. The molecule has 0 saturated carbocycles. The van der Waals surface area contributed by atoms with Gasteiger partial charge < -0.3 is 9.84 Å². The standard InChI is InChI=1S/C6H11FO2/c7-3-5-1-2-6(4-8)9-5/h5-6,8H,1-4H2/t5-,6+/m0/s1. The van der Waals surface area contributed by atoms with Gasteiger partial charge in [-0.05, 0) is 12.8 Å². The van der Waals surface area contributed by atoms with Crippen LogP contribution in [0.25, 0.3) is 0 Å². The zero-order valence-electron chi connectivity index (χ0n) is 5.22. The summed E-state index contributed by atoms with van der Waals surface area (Å²) in [5, 5.41) is 8.53. The van der Waals surface area contributed by atoms with E-state index in [1.54, 1.807) is 0 Å². The maximum absolute atomic E-state index is 11.8. The van der Waals surface area contributed by atoms with E-state index in [1.165, 1.54) is 0 Å². The predicted octanol–water partition coefficient (Wildman–Crippen LogP) is 0.496. The maximum atomic E-state index is 11.8. The largest absolute Gasteiger partial charge is 0.394 e. The van der Waals surface area contributed by atoms with E-state index in [1.807, 2.05) is 0 Å². The van der Waals surface area contributed by atoms with Gasteiger partial charge >= 0.3 is 0 Å². The third kappa shape index (κ3) is 1.63. The highest BCUT2D eigenvalue weighted by molar-refractivity contribution is 4.71. The number of halogens is 1. The Morgan fingerprint density at radius 3 is 2.44 bits per heavy atom. The molecule has 1 aliphatic rings. The van der Waals surface area contributed by atoms with E-state index < -0.39 is 6.67 Å². The first-order valence-corrected chi connectivity index (χ1v) is 3.19. The van der Waals surface area contributed by atoms with Crippen LogP contribution in [-0.2, 0) is 4.74 Å². The van der Waals surface area contributed by atoms with Crippen LogP contribution in [0.3, 0.4) is 0 Å². The summed E-state index contributed by atoms with van der Waals surface area (Å²) >= 11 is 0. The van der Waals surface area contributed by atoms with E-state index in [-0.39, 0.29) is 18.8 Å². The summed E-state index contributed by atoms with van der Waals surface area (Å²) in [6.45, 7) is -0.396. The number of rotatable bonds is 2. The topological polar surface area (TPSA) is 29.5 Å². The van der Waals surface area contributed by atoms with Crippen molar-refractivity contribution in [2.45, 2.75) is 25.0 Å². The predicted molar refractivity (Wildman–Crippen MR) is 31.0 cm³/mol. The quantitative estimate of drug-likeness (QED) is 0.595. The minimum atomic E-state index is -0.420. The minimum absolute atomic E-state index is 0.0243. The number of aliphatic hydroxyl groups excluding tert-OH is 1. The van der Waals surface area contributed by atoms with E-state index in [0.29, 0.717) is 0 Å². The molecule has 0 radical (unpaired) electrons. The highest BCUT2D eigenvalue weighted by Crippen LogP contribution is 2.18. The van der Waals surface area contributed by atoms with Crippen molar-refractivity contribution in [1.82, 2.24) is 0 Å². The number of aliphatic hydroxyl groups is 1. The molecule has 1 aliphatic heterocycles. The van der Waals surface area contributed by atoms with E-state index >= 15 is 0 Å². The second kappa shape index (κ2) is 3.13. The van der Waals surface area contributed by atoms with Crippen molar-refractivity contribution in [3.05, 3.63) is 0 Å². The SMILES string of the molecule is OC[C@H]1CC[C@@H](CF)O1. The molecule has 54 valence electrons. The molecule has 0 aromatic rings. The lowest BCUT2D eigenvalue weighted by molar-refractivity contribution is 0.00216. The summed E-state index contributed by atoms with van der Waals surface area (Å²) < 4.78 is 16.8. The minimum Gasteiger partial charge on any atom is -0.394 e. The first kappa shape index (κ1) is 6.96. The van der Waals surface area contributed by atoms with Crippen LogP contribution in [0.4, 0.5) is 4.39 Å². The summed E-state index contributed by atoms with van der Waals surface area (Å²) in [5.41, 5.74) is 0. The zero-order valence-corrected chi connectivity index (χ0v) is 5.22. The van der Waals surface area contributed by atoms with Crippen LogP contribution in [0.5, 0.6) is 0 Å². The van der Waals surface area contributed by atoms with Crippen LogP contribution in [0, 0.1) is 0 Å². The van der Waals surface area contributed by atoms with Crippen molar-refractivity contribution in [1.29, 1.82) is 0 Å². The molecule has 0 aliphatic carbocycles. The molecule has 2 atom stereocenters. The van der Waals surface area contributed by atoms with E-state index in [9.17, 15) is 4.39 Å². The van der Waals surface area contributed by atoms with Gasteiger partial charge in [-0.2, -0.15) is 0 Å². The first-order valence-electron chi connectivity index (χ1n) is 3.19. The fraction of sp³-hybridized carbons (Fsp3) is 1.00. The number of alkyl halides is 1. The summed E-state index contributed by atoms with van der Waals surface area (Å²) in [5.74, 6) is 0. The van der Waals surface area contributed by atoms with Crippen LogP contribution in [0.15, 0.2) is 0 Å². The number of hydrogen-bond donors (Lipinski definition) is 1. The zero-order chi connectivity index (χ0) is 6.69. The number of hydrogen-bond acceptors (Lipinski definition) is 2. The Labute approximate surface area is 53.6 Å². The van der Waals surface area contributed by atoms with Crippen LogP contribution < -0.4 is 0 Å². The summed E-state index contributed by atoms with van der Waals surface area (Å²) in [4.78, 5) is 0. The third-order valence-electron chi connectivity index (χ3n) is 1.57. The van der Waals surface area contributed by atoms with Gasteiger partial charge in [-0.3, -0.25) is 0 Å². The van der Waals surface area contributed by atoms with E-state index in [2.05, 4.69) is 0 Å². The molecule has 1 N–H and O–H groups in total. The van der Waals surface area contributed by atoms with Crippen molar-refractivity contribution in [3.8, 4) is 0 Å².